The highest BCUT2D eigenvalue weighted by molar-refractivity contribution is 5.75. The van der Waals surface area contributed by atoms with Crippen molar-refractivity contribution in [1.82, 2.24) is 10.6 Å². The van der Waals surface area contributed by atoms with Gasteiger partial charge < -0.3 is 20.5 Å². The lowest BCUT2D eigenvalue weighted by atomic mass is 9.88. The maximum absolute atomic E-state index is 11.5. The fourth-order valence-electron chi connectivity index (χ4n) is 2.29. The minimum atomic E-state index is -0.310. The molecule has 0 heterocycles. The fraction of sp³-hybridized carbons (Fsp3) is 0.857. The summed E-state index contributed by atoms with van der Waals surface area (Å²) in [5, 5.41) is 14.8. The molecule has 1 aliphatic rings. The first-order valence-corrected chi connectivity index (χ1v) is 7.35. The molecule has 0 saturated heterocycles. The Morgan fingerprint density at radius 3 is 2.75 bits per heavy atom. The van der Waals surface area contributed by atoms with Gasteiger partial charge in [0.15, 0.2) is 0 Å². The molecular formula is C14H26N2O4. The first-order chi connectivity index (χ1) is 9.47. The summed E-state index contributed by atoms with van der Waals surface area (Å²) < 4.78 is 5.17. The molecule has 1 fully saturated rings. The van der Waals surface area contributed by atoms with Crippen LogP contribution in [0, 0.1) is 5.92 Å². The van der Waals surface area contributed by atoms with Gasteiger partial charge in [0, 0.05) is 12.6 Å². The van der Waals surface area contributed by atoms with Crippen LogP contribution in [-0.4, -0.2) is 42.4 Å². The zero-order valence-corrected chi connectivity index (χ0v) is 12.4. The van der Waals surface area contributed by atoms with Crippen LogP contribution in [-0.2, 0) is 9.53 Å². The first-order valence-electron chi connectivity index (χ1n) is 7.35. The quantitative estimate of drug-likeness (QED) is 0.640. The normalized spacial score (nSPS) is 22.4. The lowest BCUT2D eigenvalue weighted by molar-refractivity contribution is -0.145. The van der Waals surface area contributed by atoms with Crippen LogP contribution in [0.2, 0.25) is 0 Å². The molecule has 2 amide bonds. The Morgan fingerprint density at radius 2 is 2.10 bits per heavy atom. The van der Waals surface area contributed by atoms with E-state index in [0.29, 0.717) is 13.0 Å². The summed E-state index contributed by atoms with van der Waals surface area (Å²) in [5.74, 6) is -0.0465. The van der Waals surface area contributed by atoms with Gasteiger partial charge >= 0.3 is 12.0 Å². The van der Waals surface area contributed by atoms with Gasteiger partial charge in [0.05, 0.1) is 19.1 Å². The summed E-state index contributed by atoms with van der Waals surface area (Å²) in [7, 11) is 0. The molecule has 1 saturated carbocycles. The minimum Gasteiger partial charge on any atom is -0.465 e. The van der Waals surface area contributed by atoms with Crippen LogP contribution in [0.4, 0.5) is 4.79 Å². The number of amides is 2. The molecular weight excluding hydrogens is 260 g/mol. The largest absolute Gasteiger partial charge is 0.465 e. The lowest BCUT2D eigenvalue weighted by Gasteiger charge is -2.25. The summed E-state index contributed by atoms with van der Waals surface area (Å²) in [4.78, 5) is 22.8. The van der Waals surface area contributed by atoms with Crippen LogP contribution in [0.15, 0.2) is 0 Å². The van der Waals surface area contributed by atoms with Crippen molar-refractivity contribution in [2.24, 2.45) is 5.92 Å². The molecule has 2 atom stereocenters. The van der Waals surface area contributed by atoms with Crippen molar-refractivity contribution in [2.75, 3.05) is 13.2 Å². The molecule has 3 N–H and O–H groups in total. The number of hydrogen-bond acceptors (Lipinski definition) is 4. The van der Waals surface area contributed by atoms with Crippen molar-refractivity contribution in [3.63, 3.8) is 0 Å². The fourth-order valence-corrected chi connectivity index (χ4v) is 2.29. The van der Waals surface area contributed by atoms with Crippen LogP contribution in [0.3, 0.4) is 0 Å². The van der Waals surface area contributed by atoms with Crippen LogP contribution in [0.5, 0.6) is 0 Å². The van der Waals surface area contributed by atoms with Gasteiger partial charge in [-0.3, -0.25) is 4.79 Å². The molecule has 20 heavy (non-hydrogen) atoms. The topological polar surface area (TPSA) is 87.7 Å². The summed E-state index contributed by atoms with van der Waals surface area (Å²) in [5.41, 5.74) is 0. The molecule has 0 radical (unpaired) electrons. The van der Waals surface area contributed by atoms with E-state index in [1.807, 2.05) is 13.8 Å². The van der Waals surface area contributed by atoms with E-state index in [1.54, 1.807) is 0 Å². The molecule has 0 aromatic heterocycles. The summed E-state index contributed by atoms with van der Waals surface area (Å²) >= 11 is 0. The number of esters is 1. The van der Waals surface area contributed by atoms with Gasteiger partial charge in [-0.25, -0.2) is 4.79 Å². The summed E-state index contributed by atoms with van der Waals surface area (Å²) in [6.07, 6.45) is 3.45. The molecule has 0 spiro atoms. The maximum atomic E-state index is 11.5. The van der Waals surface area contributed by atoms with E-state index in [2.05, 4.69) is 10.6 Å². The Bertz CT molecular complexity index is 320. The Kier molecular flexibility index (Phi) is 7.36. The van der Waals surface area contributed by atoms with Crippen molar-refractivity contribution in [3.05, 3.63) is 0 Å². The third kappa shape index (κ3) is 7.33. The van der Waals surface area contributed by atoms with Gasteiger partial charge in [-0.05, 0) is 39.0 Å². The zero-order chi connectivity index (χ0) is 15.0. The van der Waals surface area contributed by atoms with Crippen molar-refractivity contribution in [1.29, 1.82) is 0 Å². The Balaban J connectivity index is 2.07. The molecule has 0 bridgehead atoms. The van der Waals surface area contributed by atoms with E-state index >= 15 is 0 Å². The van der Waals surface area contributed by atoms with Crippen molar-refractivity contribution < 1.29 is 19.4 Å². The van der Waals surface area contributed by atoms with Crippen LogP contribution < -0.4 is 10.6 Å². The van der Waals surface area contributed by atoms with E-state index in [0.717, 1.165) is 19.3 Å². The third-order valence-corrected chi connectivity index (χ3v) is 3.27. The average Bonchev–Trinajstić information content (AvgIpc) is 2.35. The van der Waals surface area contributed by atoms with Gasteiger partial charge in [0.2, 0.25) is 0 Å². The number of carbonyl (C=O) groups is 2. The minimum absolute atomic E-state index is 0.0691. The van der Waals surface area contributed by atoms with Crippen LogP contribution in [0.1, 0.15) is 46.0 Å². The summed E-state index contributed by atoms with van der Waals surface area (Å²) in [6.45, 7) is 4.37. The maximum Gasteiger partial charge on any atom is 0.315 e. The molecule has 116 valence electrons. The number of aliphatic hydroxyl groups is 1. The number of nitrogens with one attached hydrogen (secondary N) is 2. The standard InChI is InChI=1S/C14H26N2O4/c1-10(2)16-14(19)15-7-6-13(18)20-9-11-4-3-5-12(17)8-11/h10-12,17H,3-9H2,1-2H3,(H2,15,16,19). The zero-order valence-electron chi connectivity index (χ0n) is 12.4. The predicted octanol–water partition coefficient (Wildman–Crippen LogP) is 1.18. The number of aliphatic hydroxyl groups excluding tert-OH is 1. The Labute approximate surface area is 120 Å². The van der Waals surface area contributed by atoms with E-state index in [9.17, 15) is 14.7 Å². The van der Waals surface area contributed by atoms with Gasteiger partial charge in [-0.2, -0.15) is 0 Å². The smallest absolute Gasteiger partial charge is 0.315 e. The number of rotatable bonds is 6. The van der Waals surface area contributed by atoms with E-state index in [-0.39, 0.29) is 43.0 Å². The second-order valence-electron chi connectivity index (χ2n) is 5.67. The van der Waals surface area contributed by atoms with Crippen LogP contribution >= 0.6 is 0 Å². The van der Waals surface area contributed by atoms with E-state index in [4.69, 9.17) is 4.74 Å². The number of urea groups is 1. The number of carbonyl (C=O) groups excluding carboxylic acids is 2. The number of ether oxygens (including phenoxy) is 1. The van der Waals surface area contributed by atoms with Gasteiger partial charge in [0.1, 0.15) is 0 Å². The molecule has 0 aromatic carbocycles. The van der Waals surface area contributed by atoms with Crippen LogP contribution in [0.25, 0.3) is 0 Å². The molecule has 1 aliphatic carbocycles. The van der Waals surface area contributed by atoms with Gasteiger partial charge in [-0.1, -0.05) is 6.42 Å². The van der Waals surface area contributed by atoms with Gasteiger partial charge in [0.25, 0.3) is 0 Å². The second kappa shape index (κ2) is 8.79. The van der Waals surface area contributed by atoms with E-state index in [1.165, 1.54) is 0 Å². The number of hydrogen-bond donors (Lipinski definition) is 3. The van der Waals surface area contributed by atoms with Crippen molar-refractivity contribution >= 4 is 12.0 Å². The highest BCUT2D eigenvalue weighted by Crippen LogP contribution is 2.24. The molecule has 1 rings (SSSR count). The monoisotopic (exact) mass is 286 g/mol. The average molecular weight is 286 g/mol. The van der Waals surface area contributed by atoms with E-state index < -0.39 is 0 Å². The predicted molar refractivity (Wildman–Crippen MR) is 75.2 cm³/mol. The van der Waals surface area contributed by atoms with Crippen molar-refractivity contribution in [2.45, 2.75) is 58.1 Å². The third-order valence-electron chi connectivity index (χ3n) is 3.27. The SMILES string of the molecule is CC(C)NC(=O)NCCC(=O)OCC1CCCC(O)C1. The molecule has 6 nitrogen and oxygen atoms in total. The molecule has 0 aromatic rings. The highest BCUT2D eigenvalue weighted by Gasteiger charge is 2.21. The van der Waals surface area contributed by atoms with Gasteiger partial charge in [-0.15, -0.1) is 0 Å². The summed E-state index contributed by atoms with van der Waals surface area (Å²) in [6, 6.07) is -0.206. The molecule has 0 aliphatic heterocycles. The molecule has 2 unspecified atom stereocenters. The highest BCUT2D eigenvalue weighted by atomic mass is 16.5. The second-order valence-corrected chi connectivity index (χ2v) is 5.67. The van der Waals surface area contributed by atoms with Crippen molar-refractivity contribution in [3.8, 4) is 0 Å². The Hall–Kier alpha value is -1.30. The Morgan fingerprint density at radius 1 is 1.35 bits per heavy atom. The molecule has 6 heteroatoms. The first kappa shape index (κ1) is 16.8. The lowest BCUT2D eigenvalue weighted by Crippen LogP contribution is -2.40.